The molecule has 29 heavy (non-hydrogen) atoms. The highest BCUT2D eigenvalue weighted by Crippen LogP contribution is 2.26. The standard InChI is InChI=1S/C20H19N3O5S/c1-28-15-5-2-4-13(12-15)21-19(26)20(27)22-23-14(8-10-18(24)25)7-9-16(23)17-6-3-11-29-17/h2-7,9,11-12H,8,10H2,1H3,(H,21,26)(H,22,27)(H,24,25). The molecule has 0 bridgehead atoms. The molecule has 9 heteroatoms. The third-order valence-electron chi connectivity index (χ3n) is 4.08. The van der Waals surface area contributed by atoms with Gasteiger partial charge in [0.1, 0.15) is 5.75 Å². The Balaban J connectivity index is 1.79. The second kappa shape index (κ2) is 9.07. The van der Waals surface area contributed by atoms with Crippen molar-refractivity contribution in [1.29, 1.82) is 0 Å². The number of carboxylic acid groups (broad SMARTS) is 1. The van der Waals surface area contributed by atoms with E-state index in [1.807, 2.05) is 17.5 Å². The summed E-state index contributed by atoms with van der Waals surface area (Å²) < 4.78 is 6.56. The number of carbonyl (C=O) groups is 3. The summed E-state index contributed by atoms with van der Waals surface area (Å²) >= 11 is 1.47. The van der Waals surface area contributed by atoms with Crippen molar-refractivity contribution in [3.8, 4) is 16.3 Å². The van der Waals surface area contributed by atoms with E-state index in [1.165, 1.54) is 23.1 Å². The second-order valence-electron chi connectivity index (χ2n) is 6.04. The van der Waals surface area contributed by atoms with Gasteiger partial charge in [0.15, 0.2) is 0 Å². The highest BCUT2D eigenvalue weighted by Gasteiger charge is 2.19. The number of aromatic nitrogens is 1. The summed E-state index contributed by atoms with van der Waals surface area (Å²) in [6.07, 6.45) is 0.109. The van der Waals surface area contributed by atoms with E-state index in [9.17, 15) is 14.4 Å². The van der Waals surface area contributed by atoms with Gasteiger partial charge in [0, 0.05) is 23.9 Å². The third kappa shape index (κ3) is 5.02. The van der Waals surface area contributed by atoms with Gasteiger partial charge in [0.2, 0.25) is 0 Å². The molecule has 8 nitrogen and oxygen atoms in total. The van der Waals surface area contributed by atoms with Gasteiger partial charge in [0.05, 0.1) is 24.1 Å². The fourth-order valence-corrected chi connectivity index (χ4v) is 3.44. The Bertz CT molecular complexity index is 1030. The van der Waals surface area contributed by atoms with Gasteiger partial charge in [-0.15, -0.1) is 11.3 Å². The average Bonchev–Trinajstić information content (AvgIpc) is 3.36. The van der Waals surface area contributed by atoms with E-state index in [0.29, 0.717) is 22.8 Å². The third-order valence-corrected chi connectivity index (χ3v) is 4.97. The number of amides is 2. The number of nitrogens with one attached hydrogen (secondary N) is 2. The zero-order valence-electron chi connectivity index (χ0n) is 15.5. The van der Waals surface area contributed by atoms with Crippen LogP contribution in [0.3, 0.4) is 0 Å². The molecular formula is C20H19N3O5S. The van der Waals surface area contributed by atoms with E-state index < -0.39 is 17.8 Å². The predicted molar refractivity (Wildman–Crippen MR) is 110 cm³/mol. The molecule has 0 aliphatic carbocycles. The minimum absolute atomic E-state index is 0.0974. The first-order chi connectivity index (χ1) is 14.0. The average molecular weight is 413 g/mol. The molecule has 0 aliphatic heterocycles. The number of carboxylic acids is 1. The van der Waals surface area contributed by atoms with Crippen molar-refractivity contribution in [2.45, 2.75) is 12.8 Å². The van der Waals surface area contributed by atoms with E-state index >= 15 is 0 Å². The van der Waals surface area contributed by atoms with Crippen molar-refractivity contribution < 1.29 is 24.2 Å². The number of nitrogens with zero attached hydrogens (tertiary/aromatic N) is 1. The molecule has 0 atom stereocenters. The minimum atomic E-state index is -0.947. The smallest absolute Gasteiger partial charge is 0.328 e. The maximum Gasteiger partial charge on any atom is 0.328 e. The van der Waals surface area contributed by atoms with Crippen LogP contribution in [0.1, 0.15) is 12.1 Å². The Labute approximate surface area is 170 Å². The summed E-state index contributed by atoms with van der Waals surface area (Å²) in [6, 6.07) is 13.9. The van der Waals surface area contributed by atoms with Crippen molar-refractivity contribution in [3.63, 3.8) is 0 Å². The fraction of sp³-hybridized carbons (Fsp3) is 0.150. The van der Waals surface area contributed by atoms with Crippen molar-refractivity contribution >= 4 is 34.8 Å². The van der Waals surface area contributed by atoms with Crippen molar-refractivity contribution in [1.82, 2.24) is 4.68 Å². The number of hydrogen-bond donors (Lipinski definition) is 3. The Morgan fingerprint density at radius 3 is 2.62 bits per heavy atom. The molecule has 0 aliphatic rings. The molecule has 3 N–H and O–H groups in total. The predicted octanol–water partition coefficient (Wildman–Crippen LogP) is 2.95. The van der Waals surface area contributed by atoms with E-state index in [4.69, 9.17) is 9.84 Å². The highest BCUT2D eigenvalue weighted by atomic mass is 32.1. The molecule has 0 fully saturated rings. The first-order valence-electron chi connectivity index (χ1n) is 8.70. The van der Waals surface area contributed by atoms with Crippen molar-refractivity contribution in [2.75, 3.05) is 17.9 Å². The first-order valence-corrected chi connectivity index (χ1v) is 9.58. The molecular weight excluding hydrogens is 394 g/mol. The van der Waals surface area contributed by atoms with Crippen LogP contribution in [0.5, 0.6) is 5.75 Å². The van der Waals surface area contributed by atoms with Crippen LogP contribution in [-0.2, 0) is 20.8 Å². The Kier molecular flexibility index (Phi) is 6.30. The van der Waals surface area contributed by atoms with E-state index in [0.717, 1.165) is 4.88 Å². The summed E-state index contributed by atoms with van der Waals surface area (Å²) in [5.74, 6) is -2.13. The SMILES string of the molecule is COc1cccc(NC(=O)C(=O)Nn2c(CCC(=O)O)ccc2-c2cccs2)c1. The lowest BCUT2D eigenvalue weighted by Crippen LogP contribution is -2.35. The normalized spacial score (nSPS) is 10.4. The van der Waals surface area contributed by atoms with Gasteiger partial charge in [0.25, 0.3) is 0 Å². The minimum Gasteiger partial charge on any atom is -0.497 e. The summed E-state index contributed by atoms with van der Waals surface area (Å²) in [7, 11) is 1.50. The van der Waals surface area contributed by atoms with E-state index in [2.05, 4.69) is 10.7 Å². The van der Waals surface area contributed by atoms with E-state index in [1.54, 1.807) is 36.4 Å². The summed E-state index contributed by atoms with van der Waals surface area (Å²) in [4.78, 5) is 36.6. The summed E-state index contributed by atoms with van der Waals surface area (Å²) in [6.45, 7) is 0. The Morgan fingerprint density at radius 1 is 1.10 bits per heavy atom. The van der Waals surface area contributed by atoms with Crippen molar-refractivity contribution in [2.24, 2.45) is 0 Å². The number of rotatable bonds is 7. The van der Waals surface area contributed by atoms with Crippen LogP contribution >= 0.6 is 11.3 Å². The van der Waals surface area contributed by atoms with Crippen LogP contribution < -0.4 is 15.5 Å². The number of aryl methyl sites for hydroxylation is 1. The number of thiophene rings is 1. The fourth-order valence-electron chi connectivity index (χ4n) is 2.70. The molecule has 0 radical (unpaired) electrons. The molecule has 2 amide bonds. The van der Waals surface area contributed by atoms with Crippen LogP contribution in [0.2, 0.25) is 0 Å². The number of benzene rings is 1. The Hall–Kier alpha value is -3.59. The molecule has 0 spiro atoms. The van der Waals surface area contributed by atoms with E-state index in [-0.39, 0.29) is 12.8 Å². The summed E-state index contributed by atoms with van der Waals surface area (Å²) in [5, 5.41) is 13.4. The van der Waals surface area contributed by atoms with Crippen LogP contribution in [-0.4, -0.2) is 34.7 Å². The number of ether oxygens (including phenoxy) is 1. The van der Waals surface area contributed by atoms with Gasteiger partial charge in [-0.2, -0.15) is 0 Å². The highest BCUT2D eigenvalue weighted by molar-refractivity contribution is 7.13. The van der Waals surface area contributed by atoms with Crippen LogP contribution in [0.25, 0.3) is 10.6 Å². The first kappa shape index (κ1) is 20.2. The van der Waals surface area contributed by atoms with Crippen molar-refractivity contribution in [3.05, 3.63) is 59.6 Å². The lowest BCUT2D eigenvalue weighted by atomic mass is 10.2. The second-order valence-corrected chi connectivity index (χ2v) is 6.99. The number of hydrogen-bond acceptors (Lipinski definition) is 5. The van der Waals surface area contributed by atoms with Gasteiger partial charge in [-0.1, -0.05) is 12.1 Å². The van der Waals surface area contributed by atoms with Crippen LogP contribution in [0.4, 0.5) is 5.69 Å². The molecule has 0 saturated heterocycles. The van der Waals surface area contributed by atoms with Gasteiger partial charge in [-0.05, 0) is 35.7 Å². The Morgan fingerprint density at radius 2 is 1.93 bits per heavy atom. The molecule has 2 heterocycles. The van der Waals surface area contributed by atoms with Crippen LogP contribution in [0.15, 0.2) is 53.9 Å². The van der Waals surface area contributed by atoms with Crippen LogP contribution in [0, 0.1) is 0 Å². The van der Waals surface area contributed by atoms with Gasteiger partial charge in [-0.3, -0.25) is 24.5 Å². The lowest BCUT2D eigenvalue weighted by molar-refractivity contribution is -0.137. The molecule has 150 valence electrons. The largest absolute Gasteiger partial charge is 0.497 e. The molecule has 0 saturated carbocycles. The maximum absolute atomic E-state index is 12.5. The number of carbonyl (C=O) groups excluding carboxylic acids is 2. The summed E-state index contributed by atoms with van der Waals surface area (Å²) in [5.41, 5.74) is 4.24. The zero-order chi connectivity index (χ0) is 20.8. The number of aliphatic carboxylic acids is 1. The molecule has 1 aromatic carbocycles. The van der Waals surface area contributed by atoms with Gasteiger partial charge in [-0.25, -0.2) is 0 Å². The quantitative estimate of drug-likeness (QED) is 0.516. The monoisotopic (exact) mass is 413 g/mol. The van der Waals surface area contributed by atoms with Gasteiger partial charge < -0.3 is 15.2 Å². The molecule has 3 rings (SSSR count). The lowest BCUT2D eigenvalue weighted by Gasteiger charge is -2.14. The maximum atomic E-state index is 12.5. The molecule has 2 aromatic heterocycles. The number of anilines is 1. The molecule has 3 aromatic rings. The molecule has 0 unspecified atom stereocenters. The zero-order valence-corrected chi connectivity index (χ0v) is 16.4. The van der Waals surface area contributed by atoms with Gasteiger partial charge >= 0.3 is 17.8 Å². The topological polar surface area (TPSA) is 110 Å². The number of methoxy groups -OCH3 is 1.